The van der Waals surface area contributed by atoms with Gasteiger partial charge in [0.1, 0.15) is 0 Å². The van der Waals surface area contributed by atoms with E-state index in [9.17, 15) is 4.79 Å². The molecule has 0 bridgehead atoms. The van der Waals surface area contributed by atoms with Gasteiger partial charge in [0.15, 0.2) is 4.84 Å². The second-order valence-electron chi connectivity index (χ2n) is 3.66. The molecule has 0 aliphatic carbocycles. The smallest absolute Gasteiger partial charge is 0.255 e. The molecule has 1 aliphatic rings. The number of nitrogens with zero attached hydrogens (tertiary/aromatic N) is 4. The normalized spacial score (nSPS) is 16.4. The number of hydrogen-bond donors (Lipinski definition) is 0. The van der Waals surface area contributed by atoms with Gasteiger partial charge in [0.2, 0.25) is 5.95 Å². The molecular weight excluding hydrogens is 263 g/mol. The molecule has 1 fully saturated rings. The minimum Gasteiger partial charge on any atom is -0.337 e. The first kappa shape index (κ1) is 12.4. The first-order chi connectivity index (χ1) is 8.18. The van der Waals surface area contributed by atoms with Crippen molar-refractivity contribution in [2.45, 2.75) is 4.84 Å². The maximum Gasteiger partial charge on any atom is 0.255 e. The Hall–Kier alpha value is -1.07. The van der Waals surface area contributed by atoms with Crippen LogP contribution in [-0.4, -0.2) is 51.8 Å². The van der Waals surface area contributed by atoms with Crippen molar-refractivity contribution in [1.82, 2.24) is 14.9 Å². The lowest BCUT2D eigenvalue weighted by Gasteiger charge is -2.34. The molecule has 1 amide bonds. The Balaban J connectivity index is 1.93. The molecule has 2 rings (SSSR count). The summed E-state index contributed by atoms with van der Waals surface area (Å²) in [7, 11) is 0. The highest BCUT2D eigenvalue weighted by atomic mass is 35.5. The van der Waals surface area contributed by atoms with Crippen LogP contribution in [0.5, 0.6) is 0 Å². The number of aromatic nitrogens is 2. The van der Waals surface area contributed by atoms with Gasteiger partial charge >= 0.3 is 0 Å². The molecule has 0 N–H and O–H groups in total. The van der Waals surface area contributed by atoms with Gasteiger partial charge in [-0.1, -0.05) is 23.2 Å². The molecule has 1 aromatic heterocycles. The quantitative estimate of drug-likeness (QED) is 0.753. The summed E-state index contributed by atoms with van der Waals surface area (Å²) in [6.07, 6.45) is 3.40. The van der Waals surface area contributed by atoms with E-state index in [2.05, 4.69) is 9.97 Å². The molecule has 0 saturated carbocycles. The molecule has 17 heavy (non-hydrogen) atoms. The standard InChI is InChI=1S/C10H12Cl2N4O/c11-8(12)9(17)15-4-6-16(7-5-15)10-13-2-1-3-14-10/h1-3,8H,4-7H2. The average molecular weight is 275 g/mol. The lowest BCUT2D eigenvalue weighted by atomic mass is 10.3. The predicted octanol–water partition coefficient (Wildman–Crippen LogP) is 0.929. The first-order valence-corrected chi connectivity index (χ1v) is 6.14. The van der Waals surface area contributed by atoms with E-state index < -0.39 is 4.84 Å². The molecular formula is C10H12Cl2N4O. The van der Waals surface area contributed by atoms with Gasteiger partial charge in [0.05, 0.1) is 0 Å². The molecule has 0 radical (unpaired) electrons. The molecule has 1 saturated heterocycles. The zero-order chi connectivity index (χ0) is 12.3. The lowest BCUT2D eigenvalue weighted by Crippen LogP contribution is -2.50. The summed E-state index contributed by atoms with van der Waals surface area (Å²) in [5, 5.41) is 0. The van der Waals surface area contributed by atoms with Gasteiger partial charge in [-0.15, -0.1) is 0 Å². The number of hydrogen-bond acceptors (Lipinski definition) is 4. The monoisotopic (exact) mass is 274 g/mol. The van der Waals surface area contributed by atoms with E-state index in [-0.39, 0.29) is 5.91 Å². The third-order valence-electron chi connectivity index (χ3n) is 2.61. The molecule has 0 unspecified atom stereocenters. The van der Waals surface area contributed by atoms with Gasteiger partial charge in [-0.2, -0.15) is 0 Å². The van der Waals surface area contributed by atoms with Crippen LogP contribution in [0.1, 0.15) is 0 Å². The molecule has 5 nitrogen and oxygen atoms in total. The molecule has 1 aromatic rings. The van der Waals surface area contributed by atoms with Crippen molar-refractivity contribution < 1.29 is 4.79 Å². The van der Waals surface area contributed by atoms with Crippen molar-refractivity contribution in [2.24, 2.45) is 0 Å². The largest absolute Gasteiger partial charge is 0.337 e. The van der Waals surface area contributed by atoms with Crippen molar-refractivity contribution in [2.75, 3.05) is 31.1 Å². The van der Waals surface area contributed by atoms with Crippen LogP contribution in [0.3, 0.4) is 0 Å². The Morgan fingerprint density at radius 3 is 2.29 bits per heavy atom. The van der Waals surface area contributed by atoms with Crippen molar-refractivity contribution in [3.05, 3.63) is 18.5 Å². The maximum absolute atomic E-state index is 11.6. The second-order valence-corrected chi connectivity index (χ2v) is 4.76. The molecule has 0 aromatic carbocycles. The molecule has 7 heteroatoms. The number of piperazine rings is 1. The van der Waals surface area contributed by atoms with E-state index in [0.29, 0.717) is 32.1 Å². The Kier molecular flexibility index (Phi) is 4.02. The number of alkyl halides is 2. The average Bonchev–Trinajstić information content (AvgIpc) is 2.39. The fraction of sp³-hybridized carbons (Fsp3) is 0.500. The highest BCUT2D eigenvalue weighted by Gasteiger charge is 2.25. The van der Waals surface area contributed by atoms with Crippen LogP contribution in [0.25, 0.3) is 0 Å². The third-order valence-corrected chi connectivity index (χ3v) is 2.99. The van der Waals surface area contributed by atoms with Crippen LogP contribution in [-0.2, 0) is 4.79 Å². The maximum atomic E-state index is 11.6. The number of carbonyl (C=O) groups excluding carboxylic acids is 1. The minimum atomic E-state index is -0.977. The summed E-state index contributed by atoms with van der Waals surface area (Å²) < 4.78 is 0. The summed E-state index contributed by atoms with van der Waals surface area (Å²) in [4.78, 5) is 22.6. The third kappa shape index (κ3) is 2.98. The fourth-order valence-electron chi connectivity index (χ4n) is 1.72. The molecule has 2 heterocycles. The van der Waals surface area contributed by atoms with Crippen LogP contribution in [0.4, 0.5) is 5.95 Å². The molecule has 92 valence electrons. The van der Waals surface area contributed by atoms with Crippen molar-refractivity contribution in [1.29, 1.82) is 0 Å². The summed E-state index contributed by atoms with van der Waals surface area (Å²) in [6, 6.07) is 1.77. The van der Waals surface area contributed by atoms with Gasteiger partial charge in [-0.05, 0) is 6.07 Å². The van der Waals surface area contributed by atoms with Gasteiger partial charge in [0, 0.05) is 38.6 Å². The van der Waals surface area contributed by atoms with E-state index in [0.717, 1.165) is 0 Å². The Bertz CT molecular complexity index is 379. The Labute approximate surface area is 109 Å². The molecule has 0 spiro atoms. The highest BCUT2D eigenvalue weighted by Crippen LogP contribution is 2.13. The van der Waals surface area contributed by atoms with Crippen LogP contribution in [0, 0.1) is 0 Å². The topological polar surface area (TPSA) is 49.3 Å². The van der Waals surface area contributed by atoms with E-state index >= 15 is 0 Å². The number of anilines is 1. The van der Waals surface area contributed by atoms with Gasteiger partial charge in [-0.3, -0.25) is 4.79 Å². The first-order valence-electron chi connectivity index (χ1n) is 5.27. The minimum absolute atomic E-state index is 0.234. The molecule has 0 atom stereocenters. The number of amides is 1. The van der Waals surface area contributed by atoms with Crippen molar-refractivity contribution >= 4 is 35.1 Å². The van der Waals surface area contributed by atoms with Gasteiger partial charge in [-0.25, -0.2) is 9.97 Å². The zero-order valence-electron chi connectivity index (χ0n) is 9.09. The zero-order valence-corrected chi connectivity index (χ0v) is 10.6. The van der Waals surface area contributed by atoms with E-state index in [1.165, 1.54) is 0 Å². The van der Waals surface area contributed by atoms with Gasteiger partial charge in [0.25, 0.3) is 5.91 Å². The second kappa shape index (κ2) is 5.51. The Morgan fingerprint density at radius 2 is 1.76 bits per heavy atom. The number of rotatable bonds is 2. The number of halogens is 2. The summed E-state index contributed by atoms with van der Waals surface area (Å²) in [5.41, 5.74) is 0. The Morgan fingerprint density at radius 1 is 1.18 bits per heavy atom. The summed E-state index contributed by atoms with van der Waals surface area (Å²) >= 11 is 11.1. The highest BCUT2D eigenvalue weighted by molar-refractivity contribution is 6.53. The van der Waals surface area contributed by atoms with Crippen LogP contribution in [0.15, 0.2) is 18.5 Å². The summed E-state index contributed by atoms with van der Waals surface area (Å²) in [6.45, 7) is 2.56. The van der Waals surface area contributed by atoms with Crippen molar-refractivity contribution in [3.63, 3.8) is 0 Å². The van der Waals surface area contributed by atoms with Crippen molar-refractivity contribution in [3.8, 4) is 0 Å². The van der Waals surface area contributed by atoms with E-state index in [1.807, 2.05) is 4.90 Å². The SMILES string of the molecule is O=C(C(Cl)Cl)N1CCN(c2ncccn2)CC1. The lowest BCUT2D eigenvalue weighted by molar-refractivity contribution is -0.129. The fourth-order valence-corrected chi connectivity index (χ4v) is 2.00. The predicted molar refractivity (Wildman–Crippen MR) is 66.3 cm³/mol. The van der Waals surface area contributed by atoms with Gasteiger partial charge < -0.3 is 9.80 Å². The van der Waals surface area contributed by atoms with Crippen LogP contribution < -0.4 is 4.90 Å². The summed E-state index contributed by atoms with van der Waals surface area (Å²) in [5.74, 6) is 0.454. The number of carbonyl (C=O) groups is 1. The van der Waals surface area contributed by atoms with Crippen LogP contribution >= 0.6 is 23.2 Å². The van der Waals surface area contributed by atoms with Crippen LogP contribution in [0.2, 0.25) is 0 Å². The molecule has 1 aliphatic heterocycles. The van der Waals surface area contributed by atoms with E-state index in [4.69, 9.17) is 23.2 Å². The van der Waals surface area contributed by atoms with E-state index in [1.54, 1.807) is 23.4 Å².